The molecule has 1 aromatic rings. The molecule has 1 aliphatic rings. The van der Waals surface area contributed by atoms with Gasteiger partial charge in [0.25, 0.3) is 5.91 Å². The van der Waals surface area contributed by atoms with Gasteiger partial charge in [0, 0.05) is 6.42 Å². The minimum atomic E-state index is -1.42. The number of amides is 1. The van der Waals surface area contributed by atoms with Crippen LogP contribution >= 0.6 is 0 Å². The number of allylic oxidation sites excluding steroid dienone is 2. The van der Waals surface area contributed by atoms with Crippen LogP contribution in [0.2, 0.25) is 0 Å². The molecule has 0 bridgehead atoms. The van der Waals surface area contributed by atoms with Crippen molar-refractivity contribution in [1.82, 2.24) is 9.55 Å². The zero-order valence-electron chi connectivity index (χ0n) is 22.1. The SMILES string of the molecule is CCCCCCCC/C=C/CCCCCCCC(=O)Oc1c(C(N)=O)ncn1C1O[C@H](CO)[C@@H](O)[C@H]1O. The highest BCUT2D eigenvalue weighted by atomic mass is 16.6. The number of rotatable bonds is 19. The lowest BCUT2D eigenvalue weighted by Crippen LogP contribution is -2.33. The number of aromatic nitrogens is 2. The molecule has 37 heavy (non-hydrogen) atoms. The Morgan fingerprint density at radius 3 is 2.16 bits per heavy atom. The summed E-state index contributed by atoms with van der Waals surface area (Å²) in [6.45, 7) is 1.72. The maximum Gasteiger partial charge on any atom is 0.312 e. The first-order valence-electron chi connectivity index (χ1n) is 13.7. The molecule has 1 unspecified atom stereocenters. The molecule has 2 heterocycles. The molecule has 2 rings (SSSR count). The van der Waals surface area contributed by atoms with Gasteiger partial charge in [-0.25, -0.2) is 4.98 Å². The number of carbonyl (C=O) groups is 2. The van der Waals surface area contributed by atoms with E-state index >= 15 is 0 Å². The minimum Gasteiger partial charge on any atom is -0.407 e. The smallest absolute Gasteiger partial charge is 0.312 e. The van der Waals surface area contributed by atoms with Gasteiger partial charge in [0.2, 0.25) is 5.88 Å². The summed E-state index contributed by atoms with van der Waals surface area (Å²) in [5.74, 6) is -1.72. The van der Waals surface area contributed by atoms with Gasteiger partial charge in [-0.3, -0.25) is 14.2 Å². The van der Waals surface area contributed by atoms with E-state index in [4.69, 9.17) is 15.2 Å². The Morgan fingerprint density at radius 2 is 1.59 bits per heavy atom. The van der Waals surface area contributed by atoms with E-state index in [1.54, 1.807) is 0 Å². The summed E-state index contributed by atoms with van der Waals surface area (Å²) in [4.78, 5) is 28.1. The van der Waals surface area contributed by atoms with Gasteiger partial charge in [-0.2, -0.15) is 0 Å². The Morgan fingerprint density at radius 1 is 1.00 bits per heavy atom. The number of nitrogens with two attached hydrogens (primary N) is 1. The maximum atomic E-state index is 12.4. The number of ether oxygens (including phenoxy) is 2. The van der Waals surface area contributed by atoms with Crippen molar-refractivity contribution in [2.45, 2.75) is 121 Å². The molecule has 0 aromatic carbocycles. The molecule has 0 spiro atoms. The van der Waals surface area contributed by atoms with Gasteiger partial charge in [0.15, 0.2) is 11.9 Å². The van der Waals surface area contributed by atoms with Crippen LogP contribution in [-0.4, -0.2) is 61.7 Å². The topological polar surface area (TPSA) is 157 Å². The number of primary amides is 1. The predicted octanol–water partition coefficient (Wildman–Crippen LogP) is 3.54. The summed E-state index contributed by atoms with van der Waals surface area (Å²) >= 11 is 0. The molecular formula is C27H45N3O7. The number of aliphatic hydroxyl groups excluding tert-OH is 3. The van der Waals surface area contributed by atoms with Gasteiger partial charge in [0.1, 0.15) is 24.6 Å². The van der Waals surface area contributed by atoms with Crippen LogP contribution in [0.1, 0.15) is 114 Å². The molecule has 4 atom stereocenters. The summed E-state index contributed by atoms with van der Waals surface area (Å²) in [5, 5.41) is 29.6. The molecule has 1 amide bonds. The van der Waals surface area contributed by atoms with Crippen molar-refractivity contribution >= 4 is 11.9 Å². The Balaban J connectivity index is 1.66. The van der Waals surface area contributed by atoms with Crippen LogP contribution in [0.15, 0.2) is 18.5 Å². The first kappa shape index (κ1) is 31.0. The van der Waals surface area contributed by atoms with Crippen molar-refractivity contribution in [1.29, 1.82) is 0 Å². The molecule has 0 aliphatic carbocycles. The summed E-state index contributed by atoms with van der Waals surface area (Å²) in [6.07, 6.45) is 15.8. The van der Waals surface area contributed by atoms with Crippen LogP contribution in [0.25, 0.3) is 0 Å². The number of aliphatic hydroxyl groups is 3. The lowest BCUT2D eigenvalue weighted by Gasteiger charge is -2.18. The summed E-state index contributed by atoms with van der Waals surface area (Å²) in [6, 6.07) is 0. The number of imidazole rings is 1. The van der Waals surface area contributed by atoms with Crippen LogP contribution in [0.4, 0.5) is 0 Å². The number of carbonyl (C=O) groups excluding carboxylic acids is 2. The molecule has 1 saturated heterocycles. The van der Waals surface area contributed by atoms with Crippen LogP contribution in [0, 0.1) is 0 Å². The second kappa shape index (κ2) is 17.3. The van der Waals surface area contributed by atoms with E-state index in [0.29, 0.717) is 6.42 Å². The van der Waals surface area contributed by atoms with Crippen molar-refractivity contribution in [3.63, 3.8) is 0 Å². The normalized spacial score (nSPS) is 21.6. The van der Waals surface area contributed by atoms with Crippen molar-refractivity contribution in [2.75, 3.05) is 6.61 Å². The Hall–Kier alpha value is -2.27. The number of esters is 1. The number of hydrogen-bond donors (Lipinski definition) is 4. The molecular weight excluding hydrogens is 478 g/mol. The molecule has 0 radical (unpaired) electrons. The molecule has 10 heteroatoms. The van der Waals surface area contributed by atoms with Crippen molar-refractivity contribution < 1.29 is 34.4 Å². The molecule has 1 fully saturated rings. The number of nitrogens with zero attached hydrogens (tertiary/aromatic N) is 2. The zero-order chi connectivity index (χ0) is 27.0. The van der Waals surface area contributed by atoms with Crippen LogP contribution in [0.5, 0.6) is 5.88 Å². The number of hydrogen-bond acceptors (Lipinski definition) is 8. The standard InChI is InChI=1S/C27H45N3O7/c1-2-3-4-5-6-7-8-9-10-11-12-13-14-15-16-17-21(32)37-26-22(25(28)35)29-19-30(26)27-24(34)23(33)20(18-31)36-27/h9-10,19-20,23-24,27,31,33-34H,2-8,11-18H2,1H3,(H2,28,35)/b10-9+/t20-,23-,24-,27?/m1/s1. The molecule has 0 saturated carbocycles. The molecule has 10 nitrogen and oxygen atoms in total. The van der Waals surface area contributed by atoms with E-state index in [-0.39, 0.29) is 18.0 Å². The van der Waals surface area contributed by atoms with Crippen LogP contribution in [-0.2, 0) is 9.53 Å². The summed E-state index contributed by atoms with van der Waals surface area (Å²) < 4.78 is 12.0. The third-order valence-electron chi connectivity index (χ3n) is 6.63. The fraction of sp³-hybridized carbons (Fsp3) is 0.741. The molecule has 5 N–H and O–H groups in total. The van der Waals surface area contributed by atoms with Gasteiger partial charge in [0.05, 0.1) is 6.61 Å². The first-order chi connectivity index (χ1) is 17.9. The summed E-state index contributed by atoms with van der Waals surface area (Å²) in [7, 11) is 0. The average molecular weight is 524 g/mol. The Kier molecular flexibility index (Phi) is 14.5. The largest absolute Gasteiger partial charge is 0.407 e. The minimum absolute atomic E-state index is 0.150. The van der Waals surface area contributed by atoms with Gasteiger partial charge < -0.3 is 30.5 Å². The quantitative estimate of drug-likeness (QED) is 0.122. The van der Waals surface area contributed by atoms with E-state index in [0.717, 1.165) is 43.0 Å². The number of unbranched alkanes of at least 4 members (excludes halogenated alkanes) is 11. The Labute approximate surface area is 219 Å². The third kappa shape index (κ3) is 10.2. The van der Waals surface area contributed by atoms with Gasteiger partial charge in [-0.15, -0.1) is 0 Å². The zero-order valence-corrected chi connectivity index (χ0v) is 22.1. The van der Waals surface area contributed by atoms with Crippen molar-refractivity contribution in [3.05, 3.63) is 24.2 Å². The van der Waals surface area contributed by atoms with E-state index in [2.05, 4.69) is 24.1 Å². The highest BCUT2D eigenvalue weighted by molar-refractivity contribution is 5.94. The third-order valence-corrected chi connectivity index (χ3v) is 6.63. The van der Waals surface area contributed by atoms with E-state index in [1.165, 1.54) is 44.9 Å². The molecule has 1 aromatic heterocycles. The van der Waals surface area contributed by atoms with E-state index in [9.17, 15) is 24.9 Å². The lowest BCUT2D eigenvalue weighted by molar-refractivity contribution is -0.135. The fourth-order valence-corrected chi connectivity index (χ4v) is 4.41. The van der Waals surface area contributed by atoms with E-state index in [1.807, 2.05) is 0 Å². The predicted molar refractivity (Wildman–Crippen MR) is 139 cm³/mol. The van der Waals surface area contributed by atoms with Gasteiger partial charge in [-0.05, 0) is 32.1 Å². The van der Waals surface area contributed by atoms with Gasteiger partial charge >= 0.3 is 5.97 Å². The molecule has 1 aliphatic heterocycles. The van der Waals surface area contributed by atoms with Crippen LogP contribution in [0.3, 0.4) is 0 Å². The van der Waals surface area contributed by atoms with Crippen molar-refractivity contribution in [2.24, 2.45) is 5.73 Å². The van der Waals surface area contributed by atoms with E-state index < -0.39 is 43.0 Å². The first-order valence-corrected chi connectivity index (χ1v) is 13.7. The average Bonchev–Trinajstić information content (AvgIpc) is 3.41. The monoisotopic (exact) mass is 523 g/mol. The van der Waals surface area contributed by atoms with Crippen molar-refractivity contribution in [3.8, 4) is 5.88 Å². The summed E-state index contributed by atoms with van der Waals surface area (Å²) in [5.41, 5.74) is 5.07. The second-order valence-electron chi connectivity index (χ2n) is 9.71. The fourth-order valence-electron chi connectivity index (χ4n) is 4.41. The lowest BCUT2D eigenvalue weighted by atomic mass is 10.1. The van der Waals surface area contributed by atoms with Gasteiger partial charge in [-0.1, -0.05) is 70.4 Å². The highest BCUT2D eigenvalue weighted by Crippen LogP contribution is 2.33. The second-order valence-corrected chi connectivity index (χ2v) is 9.71. The molecule has 210 valence electrons. The Bertz CT molecular complexity index is 842. The maximum absolute atomic E-state index is 12.4. The van der Waals surface area contributed by atoms with Crippen LogP contribution < -0.4 is 10.5 Å². The highest BCUT2D eigenvalue weighted by Gasteiger charge is 2.45.